The molecule has 0 radical (unpaired) electrons. The normalized spacial score (nSPS) is 13.1. The molecule has 0 spiro atoms. The monoisotopic (exact) mass is 355 g/mol. The van der Waals surface area contributed by atoms with Crippen LogP contribution in [0.25, 0.3) is 0 Å². The summed E-state index contributed by atoms with van der Waals surface area (Å²) in [5.41, 5.74) is 4.70. The van der Waals surface area contributed by atoms with Crippen molar-refractivity contribution < 1.29 is 0 Å². The van der Waals surface area contributed by atoms with E-state index in [0.717, 1.165) is 24.7 Å². The first-order valence-corrected chi connectivity index (χ1v) is 9.54. The molecule has 0 saturated heterocycles. The highest BCUT2D eigenvalue weighted by atomic mass is 15.3. The number of rotatable bonds is 7. The second kappa shape index (κ2) is 9.41. The molecule has 1 heterocycles. The topological polar surface area (TPSA) is 54.2 Å². The van der Waals surface area contributed by atoms with Crippen LogP contribution in [0.15, 0.2) is 35.3 Å². The summed E-state index contributed by atoms with van der Waals surface area (Å²) in [6.45, 7) is 15.2. The van der Waals surface area contributed by atoms with Gasteiger partial charge in [-0.15, -0.1) is 0 Å². The molecule has 0 amide bonds. The Balaban J connectivity index is 2.14. The van der Waals surface area contributed by atoms with Gasteiger partial charge in [0.15, 0.2) is 5.96 Å². The van der Waals surface area contributed by atoms with E-state index in [1.165, 1.54) is 16.8 Å². The summed E-state index contributed by atoms with van der Waals surface area (Å²) in [6.07, 6.45) is 0. The first kappa shape index (κ1) is 20.0. The molecule has 1 aromatic heterocycles. The van der Waals surface area contributed by atoms with Gasteiger partial charge in [-0.25, -0.2) is 4.99 Å². The molecule has 5 nitrogen and oxygen atoms in total. The number of hydrogen-bond donors (Lipinski definition) is 2. The van der Waals surface area contributed by atoms with Gasteiger partial charge < -0.3 is 10.6 Å². The van der Waals surface area contributed by atoms with Gasteiger partial charge in [0.2, 0.25) is 0 Å². The smallest absolute Gasteiger partial charge is 0.191 e. The molecule has 0 aliphatic carbocycles. The van der Waals surface area contributed by atoms with Crippen molar-refractivity contribution >= 4 is 5.96 Å². The van der Waals surface area contributed by atoms with Crippen LogP contribution in [0.4, 0.5) is 0 Å². The maximum atomic E-state index is 4.79. The van der Waals surface area contributed by atoms with Crippen molar-refractivity contribution in [2.45, 2.75) is 60.7 Å². The number of benzene rings is 1. The minimum Gasteiger partial charge on any atom is -0.357 e. The summed E-state index contributed by atoms with van der Waals surface area (Å²) in [5, 5.41) is 11.5. The lowest BCUT2D eigenvalue weighted by molar-refractivity contribution is 0.481. The molecular weight excluding hydrogens is 322 g/mol. The number of aromatic nitrogens is 2. The van der Waals surface area contributed by atoms with Crippen molar-refractivity contribution in [3.8, 4) is 0 Å². The molecule has 2 aromatic rings. The van der Waals surface area contributed by atoms with E-state index in [-0.39, 0.29) is 0 Å². The maximum absolute atomic E-state index is 4.79. The number of guanidine groups is 1. The summed E-state index contributed by atoms with van der Waals surface area (Å²) in [4.78, 5) is 4.79. The molecule has 1 aromatic carbocycles. The second-order valence-corrected chi connectivity index (χ2v) is 7.16. The third kappa shape index (κ3) is 5.35. The van der Waals surface area contributed by atoms with Gasteiger partial charge >= 0.3 is 0 Å². The quantitative estimate of drug-likeness (QED) is 0.589. The summed E-state index contributed by atoms with van der Waals surface area (Å²) >= 11 is 0. The minimum atomic E-state index is 0.371. The molecule has 0 aliphatic heterocycles. The van der Waals surface area contributed by atoms with Crippen LogP contribution in [0, 0.1) is 19.8 Å². The number of aryl methyl sites for hydroxylation is 1. The van der Waals surface area contributed by atoms with Crippen LogP contribution in [0.2, 0.25) is 0 Å². The van der Waals surface area contributed by atoms with Crippen molar-refractivity contribution in [1.29, 1.82) is 0 Å². The molecule has 1 unspecified atom stereocenters. The molecular formula is C21H33N5. The molecule has 0 aliphatic rings. The molecule has 0 bridgehead atoms. The molecule has 0 saturated carbocycles. The van der Waals surface area contributed by atoms with E-state index in [1.54, 1.807) is 0 Å². The molecule has 5 heteroatoms. The fourth-order valence-corrected chi connectivity index (χ4v) is 2.73. The number of nitrogens with zero attached hydrogens (tertiary/aromatic N) is 3. The number of aliphatic imine (C=N–C) groups is 1. The van der Waals surface area contributed by atoms with Gasteiger partial charge in [-0.2, -0.15) is 5.10 Å². The van der Waals surface area contributed by atoms with Crippen molar-refractivity contribution in [3.63, 3.8) is 0 Å². The Labute approximate surface area is 157 Å². The zero-order valence-corrected chi connectivity index (χ0v) is 17.0. The lowest BCUT2D eigenvalue weighted by Crippen LogP contribution is -2.44. The van der Waals surface area contributed by atoms with Crippen molar-refractivity contribution in [1.82, 2.24) is 20.4 Å². The van der Waals surface area contributed by atoms with Gasteiger partial charge in [-0.1, -0.05) is 44.2 Å². The van der Waals surface area contributed by atoms with Crippen LogP contribution in [-0.2, 0) is 13.1 Å². The van der Waals surface area contributed by atoms with Gasteiger partial charge in [0, 0.05) is 23.8 Å². The fraction of sp³-hybridized carbons (Fsp3) is 0.524. The lowest BCUT2D eigenvalue weighted by Gasteiger charge is -2.20. The Morgan fingerprint density at radius 3 is 2.46 bits per heavy atom. The van der Waals surface area contributed by atoms with Crippen LogP contribution in [0.3, 0.4) is 0 Å². The zero-order chi connectivity index (χ0) is 19.1. The average Bonchev–Trinajstić information content (AvgIpc) is 2.87. The minimum absolute atomic E-state index is 0.371. The van der Waals surface area contributed by atoms with Crippen LogP contribution < -0.4 is 10.6 Å². The predicted molar refractivity (Wildman–Crippen MR) is 109 cm³/mol. The first-order chi connectivity index (χ1) is 12.4. The third-order valence-corrected chi connectivity index (χ3v) is 4.81. The van der Waals surface area contributed by atoms with Gasteiger partial charge in [0.1, 0.15) is 0 Å². The van der Waals surface area contributed by atoms with Crippen LogP contribution in [0.5, 0.6) is 0 Å². The van der Waals surface area contributed by atoms with Gasteiger partial charge in [0.25, 0.3) is 0 Å². The van der Waals surface area contributed by atoms with E-state index >= 15 is 0 Å². The Hall–Kier alpha value is -2.30. The molecule has 142 valence electrons. The van der Waals surface area contributed by atoms with Crippen molar-refractivity contribution in [2.75, 3.05) is 6.54 Å². The highest BCUT2D eigenvalue weighted by Crippen LogP contribution is 2.16. The standard InChI is InChI=1S/C21H33N5/c1-7-22-21(24-16(4)15(2)3)23-13-20-17(5)25-26(18(20)6)14-19-11-9-8-10-12-19/h8-12,15-16H,7,13-14H2,1-6H3,(H2,22,23,24). The van der Waals surface area contributed by atoms with Crippen LogP contribution in [0.1, 0.15) is 50.2 Å². The summed E-state index contributed by atoms with van der Waals surface area (Å²) in [7, 11) is 0. The molecule has 26 heavy (non-hydrogen) atoms. The Kier molecular flexibility index (Phi) is 7.25. The van der Waals surface area contributed by atoms with Crippen LogP contribution in [-0.4, -0.2) is 28.3 Å². The van der Waals surface area contributed by atoms with Gasteiger partial charge in [-0.05, 0) is 39.2 Å². The summed E-state index contributed by atoms with van der Waals surface area (Å²) in [5.74, 6) is 1.42. The van der Waals surface area contributed by atoms with E-state index in [9.17, 15) is 0 Å². The maximum Gasteiger partial charge on any atom is 0.191 e. The molecule has 0 fully saturated rings. The van der Waals surface area contributed by atoms with E-state index in [0.29, 0.717) is 18.5 Å². The molecule has 2 rings (SSSR count). The molecule has 2 N–H and O–H groups in total. The highest BCUT2D eigenvalue weighted by molar-refractivity contribution is 5.80. The summed E-state index contributed by atoms with van der Waals surface area (Å²) in [6, 6.07) is 10.8. The Morgan fingerprint density at radius 2 is 1.85 bits per heavy atom. The largest absolute Gasteiger partial charge is 0.357 e. The van der Waals surface area contributed by atoms with Crippen LogP contribution >= 0.6 is 0 Å². The van der Waals surface area contributed by atoms with E-state index in [1.807, 2.05) is 6.07 Å². The molecule has 1 atom stereocenters. The summed E-state index contributed by atoms with van der Waals surface area (Å²) < 4.78 is 2.08. The number of hydrogen-bond acceptors (Lipinski definition) is 2. The second-order valence-electron chi connectivity index (χ2n) is 7.16. The fourth-order valence-electron chi connectivity index (χ4n) is 2.73. The Morgan fingerprint density at radius 1 is 1.15 bits per heavy atom. The van der Waals surface area contributed by atoms with E-state index in [4.69, 9.17) is 10.1 Å². The van der Waals surface area contributed by atoms with Gasteiger partial charge in [0.05, 0.1) is 18.8 Å². The van der Waals surface area contributed by atoms with Crippen molar-refractivity contribution in [2.24, 2.45) is 10.9 Å². The van der Waals surface area contributed by atoms with E-state index < -0.39 is 0 Å². The van der Waals surface area contributed by atoms with E-state index in [2.05, 4.69) is 81.1 Å². The zero-order valence-electron chi connectivity index (χ0n) is 17.0. The Bertz CT molecular complexity index is 716. The average molecular weight is 356 g/mol. The predicted octanol–water partition coefficient (Wildman–Crippen LogP) is 3.65. The highest BCUT2D eigenvalue weighted by Gasteiger charge is 2.13. The third-order valence-electron chi connectivity index (χ3n) is 4.81. The van der Waals surface area contributed by atoms with Gasteiger partial charge in [-0.3, -0.25) is 4.68 Å². The SMILES string of the molecule is CCNC(=NCc1c(C)nn(Cc2ccccc2)c1C)NC(C)C(C)C. The lowest BCUT2D eigenvalue weighted by atomic mass is 10.1. The first-order valence-electron chi connectivity index (χ1n) is 9.54. The van der Waals surface area contributed by atoms with Crippen molar-refractivity contribution in [3.05, 3.63) is 52.8 Å². The number of nitrogens with one attached hydrogen (secondary N) is 2.